The lowest BCUT2D eigenvalue weighted by molar-refractivity contribution is -0.163. The standard InChI is InChI=1S/C24H31N5O4/c1-24(14-29(23(24)33)16-7-9-25-10-8-16)13-26-11-15-3-2-4-17-18(15)12-28(22(17)32)19-5-6-20(30)27-21(19)31/h2-4,16,19,25-26H,5-14H2,1H3,(H,27,30,31). The molecule has 0 spiro atoms. The molecule has 9 nitrogen and oxygen atoms in total. The monoisotopic (exact) mass is 453 g/mol. The minimum atomic E-state index is -0.615. The molecule has 0 bridgehead atoms. The molecule has 0 saturated carbocycles. The molecular weight excluding hydrogens is 422 g/mol. The van der Waals surface area contributed by atoms with E-state index in [1.807, 2.05) is 24.0 Å². The third kappa shape index (κ3) is 3.93. The van der Waals surface area contributed by atoms with Gasteiger partial charge in [0.1, 0.15) is 6.04 Å². The van der Waals surface area contributed by atoms with Crippen molar-refractivity contribution in [2.24, 2.45) is 5.41 Å². The normalized spacial score (nSPS) is 28.1. The Morgan fingerprint density at radius 1 is 1.09 bits per heavy atom. The Morgan fingerprint density at radius 3 is 2.61 bits per heavy atom. The molecular formula is C24H31N5O4. The van der Waals surface area contributed by atoms with Crippen LogP contribution >= 0.6 is 0 Å². The molecule has 1 aromatic carbocycles. The van der Waals surface area contributed by atoms with E-state index in [2.05, 4.69) is 16.0 Å². The van der Waals surface area contributed by atoms with E-state index < -0.39 is 17.4 Å². The lowest BCUT2D eigenvalue weighted by Crippen LogP contribution is -2.67. The second kappa shape index (κ2) is 8.53. The molecule has 0 aliphatic carbocycles. The summed E-state index contributed by atoms with van der Waals surface area (Å²) in [5.41, 5.74) is 2.14. The van der Waals surface area contributed by atoms with Gasteiger partial charge in [0.25, 0.3) is 5.91 Å². The topological polar surface area (TPSA) is 111 Å². The third-order valence-electron chi connectivity index (χ3n) is 7.56. The molecule has 4 heterocycles. The number of rotatable bonds is 6. The second-order valence-electron chi connectivity index (χ2n) is 9.92. The smallest absolute Gasteiger partial charge is 0.255 e. The number of carbonyl (C=O) groups is 4. The van der Waals surface area contributed by atoms with E-state index in [-0.39, 0.29) is 24.1 Å². The predicted octanol–water partition coefficient (Wildman–Crippen LogP) is 0.138. The molecule has 33 heavy (non-hydrogen) atoms. The number of hydrogen-bond acceptors (Lipinski definition) is 6. The van der Waals surface area contributed by atoms with Gasteiger partial charge in [0.2, 0.25) is 17.7 Å². The lowest BCUT2D eigenvalue weighted by Gasteiger charge is -2.51. The molecule has 3 fully saturated rings. The fourth-order valence-corrected chi connectivity index (χ4v) is 5.60. The van der Waals surface area contributed by atoms with Gasteiger partial charge in [-0.05, 0) is 56.5 Å². The van der Waals surface area contributed by atoms with Gasteiger partial charge in [-0.15, -0.1) is 0 Å². The van der Waals surface area contributed by atoms with Gasteiger partial charge in [0.15, 0.2) is 0 Å². The largest absolute Gasteiger partial charge is 0.338 e. The number of β-lactam (4-membered cyclic amide) rings is 1. The van der Waals surface area contributed by atoms with Crippen molar-refractivity contribution in [1.29, 1.82) is 0 Å². The summed E-state index contributed by atoms with van der Waals surface area (Å²) < 4.78 is 0. The van der Waals surface area contributed by atoms with Crippen LogP contribution in [0.25, 0.3) is 0 Å². The number of amides is 4. The number of piperidine rings is 2. The second-order valence-corrected chi connectivity index (χ2v) is 9.92. The number of nitrogens with zero attached hydrogens (tertiary/aromatic N) is 2. The van der Waals surface area contributed by atoms with Crippen LogP contribution in [0.3, 0.4) is 0 Å². The SMILES string of the molecule is CC1(CNCc2cccc3c2CN(C2CCC(=O)NC2=O)C3=O)CN(C2CCNCC2)C1=O. The number of likely N-dealkylation sites (tertiary alicyclic amines) is 1. The number of carbonyl (C=O) groups excluding carboxylic acids is 4. The van der Waals surface area contributed by atoms with Crippen molar-refractivity contribution in [3.63, 3.8) is 0 Å². The molecule has 4 amide bonds. The highest BCUT2D eigenvalue weighted by Crippen LogP contribution is 2.35. The molecule has 4 aliphatic rings. The molecule has 3 N–H and O–H groups in total. The van der Waals surface area contributed by atoms with Gasteiger partial charge in [-0.3, -0.25) is 24.5 Å². The maximum absolute atomic E-state index is 13.0. The Morgan fingerprint density at radius 2 is 1.88 bits per heavy atom. The summed E-state index contributed by atoms with van der Waals surface area (Å²) in [6.07, 6.45) is 2.63. The molecule has 0 radical (unpaired) electrons. The van der Waals surface area contributed by atoms with Crippen molar-refractivity contribution in [2.75, 3.05) is 26.2 Å². The van der Waals surface area contributed by atoms with Crippen molar-refractivity contribution < 1.29 is 19.2 Å². The Bertz CT molecular complexity index is 1000. The van der Waals surface area contributed by atoms with Crippen LogP contribution in [0.5, 0.6) is 0 Å². The zero-order chi connectivity index (χ0) is 23.2. The Balaban J connectivity index is 1.20. The van der Waals surface area contributed by atoms with Crippen LogP contribution < -0.4 is 16.0 Å². The molecule has 4 aliphatic heterocycles. The van der Waals surface area contributed by atoms with Crippen LogP contribution in [0.1, 0.15) is 54.1 Å². The fraction of sp³-hybridized carbons (Fsp3) is 0.583. The summed E-state index contributed by atoms with van der Waals surface area (Å²) in [5, 5.41) is 9.12. The number of hydrogen-bond donors (Lipinski definition) is 3. The first-order chi connectivity index (χ1) is 15.9. The van der Waals surface area contributed by atoms with Crippen molar-refractivity contribution in [2.45, 2.75) is 57.8 Å². The minimum Gasteiger partial charge on any atom is -0.338 e. The predicted molar refractivity (Wildman–Crippen MR) is 120 cm³/mol. The van der Waals surface area contributed by atoms with Crippen molar-refractivity contribution in [3.8, 4) is 0 Å². The molecule has 2 atom stereocenters. The van der Waals surface area contributed by atoms with E-state index in [1.54, 1.807) is 11.0 Å². The van der Waals surface area contributed by atoms with Crippen molar-refractivity contribution in [3.05, 3.63) is 34.9 Å². The summed E-state index contributed by atoms with van der Waals surface area (Å²) in [5.74, 6) is -0.635. The highest BCUT2D eigenvalue weighted by atomic mass is 16.2. The van der Waals surface area contributed by atoms with E-state index in [0.29, 0.717) is 37.7 Å². The van der Waals surface area contributed by atoms with Gasteiger partial charge in [0.05, 0.1) is 5.41 Å². The zero-order valence-corrected chi connectivity index (χ0v) is 19.0. The maximum Gasteiger partial charge on any atom is 0.255 e. The molecule has 0 aromatic heterocycles. The Labute approximate surface area is 193 Å². The van der Waals surface area contributed by atoms with Gasteiger partial charge in [0, 0.05) is 44.2 Å². The number of imide groups is 1. The summed E-state index contributed by atoms with van der Waals surface area (Å²) in [6, 6.07) is 5.38. The van der Waals surface area contributed by atoms with Crippen LogP contribution in [-0.2, 0) is 27.5 Å². The average molecular weight is 454 g/mol. The van der Waals surface area contributed by atoms with E-state index in [9.17, 15) is 19.2 Å². The highest BCUT2D eigenvalue weighted by molar-refractivity contribution is 6.05. The van der Waals surface area contributed by atoms with Crippen LogP contribution in [0, 0.1) is 5.41 Å². The summed E-state index contributed by atoms with van der Waals surface area (Å²) in [6.45, 7) is 6.23. The summed E-state index contributed by atoms with van der Waals surface area (Å²) >= 11 is 0. The first-order valence-corrected chi connectivity index (χ1v) is 11.9. The Hall–Kier alpha value is -2.78. The lowest BCUT2D eigenvalue weighted by atomic mass is 9.78. The van der Waals surface area contributed by atoms with Crippen LogP contribution in [0.4, 0.5) is 0 Å². The zero-order valence-electron chi connectivity index (χ0n) is 19.0. The first kappa shape index (κ1) is 22.0. The third-order valence-corrected chi connectivity index (χ3v) is 7.56. The van der Waals surface area contributed by atoms with E-state index in [1.165, 1.54) is 0 Å². The van der Waals surface area contributed by atoms with Gasteiger partial charge in [-0.25, -0.2) is 0 Å². The molecule has 9 heteroatoms. The van der Waals surface area contributed by atoms with Gasteiger partial charge in [-0.2, -0.15) is 0 Å². The fourth-order valence-electron chi connectivity index (χ4n) is 5.60. The quantitative estimate of drug-likeness (QED) is 0.417. The maximum atomic E-state index is 13.0. The van der Waals surface area contributed by atoms with Crippen molar-refractivity contribution >= 4 is 23.6 Å². The average Bonchev–Trinajstić information content (AvgIpc) is 3.15. The molecule has 176 valence electrons. The molecule has 3 saturated heterocycles. The van der Waals surface area contributed by atoms with E-state index >= 15 is 0 Å². The molecule has 5 rings (SSSR count). The van der Waals surface area contributed by atoms with Crippen LogP contribution in [0.15, 0.2) is 18.2 Å². The van der Waals surface area contributed by atoms with E-state index in [0.717, 1.165) is 43.6 Å². The number of fused-ring (bicyclic) bond motifs is 1. The molecule has 1 aromatic rings. The molecule has 2 unspecified atom stereocenters. The van der Waals surface area contributed by atoms with Gasteiger partial charge in [-0.1, -0.05) is 12.1 Å². The highest BCUT2D eigenvalue weighted by Gasteiger charge is 2.50. The van der Waals surface area contributed by atoms with Crippen LogP contribution in [0.2, 0.25) is 0 Å². The minimum absolute atomic E-state index is 0.167. The van der Waals surface area contributed by atoms with Crippen molar-refractivity contribution in [1.82, 2.24) is 25.8 Å². The Kier molecular flexibility index (Phi) is 5.70. The van der Waals surface area contributed by atoms with Crippen LogP contribution in [-0.4, -0.2) is 71.7 Å². The van der Waals surface area contributed by atoms with Gasteiger partial charge < -0.3 is 20.4 Å². The summed E-state index contributed by atoms with van der Waals surface area (Å²) in [4.78, 5) is 53.2. The van der Waals surface area contributed by atoms with Gasteiger partial charge >= 0.3 is 0 Å². The number of benzene rings is 1. The van der Waals surface area contributed by atoms with E-state index in [4.69, 9.17) is 0 Å². The number of nitrogens with one attached hydrogen (secondary N) is 3. The summed E-state index contributed by atoms with van der Waals surface area (Å²) in [7, 11) is 0. The first-order valence-electron chi connectivity index (χ1n) is 11.9.